The lowest BCUT2D eigenvalue weighted by molar-refractivity contribution is -0.148. The first-order valence-corrected chi connectivity index (χ1v) is 4.91. The lowest BCUT2D eigenvalue weighted by Crippen LogP contribution is -2.71. The highest BCUT2D eigenvalue weighted by Gasteiger charge is 2.46. The highest BCUT2D eigenvalue weighted by atomic mass is 16.2. The molecule has 1 saturated carbocycles. The highest BCUT2D eigenvalue weighted by Crippen LogP contribution is 2.31. The largest absolute Gasteiger partial charge is 0.337 e. The molecule has 12 heavy (non-hydrogen) atoms. The van der Waals surface area contributed by atoms with E-state index in [9.17, 15) is 4.79 Å². The molecule has 1 aliphatic carbocycles. The summed E-state index contributed by atoms with van der Waals surface area (Å²) in [5.41, 5.74) is 0. The quantitative estimate of drug-likeness (QED) is 0.599. The summed E-state index contributed by atoms with van der Waals surface area (Å²) >= 11 is 0. The lowest BCUT2D eigenvalue weighted by Gasteiger charge is -2.51. The molecule has 0 unspecified atom stereocenters. The number of carbonyl (C=O) groups is 1. The molecule has 3 heteroatoms. The number of carbonyl (C=O) groups excluding carboxylic acids is 1. The van der Waals surface area contributed by atoms with Crippen LogP contribution in [0.2, 0.25) is 0 Å². The average Bonchev–Trinajstić information content (AvgIpc) is 1.85. The maximum absolute atomic E-state index is 11.7. The molecule has 0 radical (unpaired) electrons. The van der Waals surface area contributed by atoms with E-state index < -0.39 is 0 Å². The lowest BCUT2D eigenvalue weighted by atomic mass is 9.84. The van der Waals surface area contributed by atoms with Gasteiger partial charge >= 0.3 is 0 Å². The first kappa shape index (κ1) is 6.89. The fourth-order valence-corrected chi connectivity index (χ4v) is 2.40. The topological polar surface area (TPSA) is 32.3 Å². The molecular formula is C9H14N2O. The second-order valence-electron chi connectivity index (χ2n) is 4.23. The van der Waals surface area contributed by atoms with Crippen molar-refractivity contribution in [3.05, 3.63) is 0 Å². The summed E-state index contributed by atoms with van der Waals surface area (Å²) in [5.74, 6) is 0.363. The standard InChI is InChI=1S/C9H14N2O/c12-9-8-4-6(10-8)5-11(9)7-2-1-3-7/h6-8,10H,1-5H2/t6-,8+/m0/s1. The van der Waals surface area contributed by atoms with Crippen LogP contribution >= 0.6 is 0 Å². The summed E-state index contributed by atoms with van der Waals surface area (Å²) in [6, 6.07) is 1.41. The minimum atomic E-state index is 0.185. The van der Waals surface area contributed by atoms with Gasteiger partial charge in [-0.3, -0.25) is 4.79 Å². The molecule has 2 bridgehead atoms. The van der Waals surface area contributed by atoms with Gasteiger partial charge in [-0.05, 0) is 25.7 Å². The number of hydrogen-bond acceptors (Lipinski definition) is 2. The van der Waals surface area contributed by atoms with Crippen molar-refractivity contribution in [2.45, 2.75) is 43.8 Å². The molecule has 4 aliphatic rings. The van der Waals surface area contributed by atoms with Crippen LogP contribution in [0.25, 0.3) is 0 Å². The highest BCUT2D eigenvalue weighted by molar-refractivity contribution is 5.85. The van der Waals surface area contributed by atoms with E-state index in [2.05, 4.69) is 10.2 Å². The van der Waals surface area contributed by atoms with Gasteiger partial charge in [0, 0.05) is 18.6 Å². The third kappa shape index (κ3) is 0.774. The van der Waals surface area contributed by atoms with Crippen LogP contribution in [0, 0.1) is 0 Å². The van der Waals surface area contributed by atoms with Gasteiger partial charge in [0.1, 0.15) is 0 Å². The van der Waals surface area contributed by atoms with Gasteiger partial charge in [0.15, 0.2) is 0 Å². The first-order chi connectivity index (χ1) is 5.84. The molecular weight excluding hydrogens is 152 g/mol. The SMILES string of the molecule is O=C1[C@H]2C[C@@H](CN1C1CCC1)N2. The van der Waals surface area contributed by atoms with Crippen molar-refractivity contribution < 1.29 is 4.79 Å². The number of piperidine rings is 1. The van der Waals surface area contributed by atoms with Crippen molar-refractivity contribution in [3.63, 3.8) is 0 Å². The van der Waals surface area contributed by atoms with Gasteiger partial charge < -0.3 is 10.2 Å². The van der Waals surface area contributed by atoms with Crippen LogP contribution in [0.15, 0.2) is 0 Å². The van der Waals surface area contributed by atoms with Crippen LogP contribution in [0.5, 0.6) is 0 Å². The fourth-order valence-electron chi connectivity index (χ4n) is 2.40. The van der Waals surface area contributed by atoms with Gasteiger partial charge in [-0.1, -0.05) is 0 Å². The van der Waals surface area contributed by atoms with E-state index in [1.54, 1.807) is 0 Å². The summed E-state index contributed by atoms with van der Waals surface area (Å²) < 4.78 is 0. The van der Waals surface area contributed by atoms with Gasteiger partial charge in [0.05, 0.1) is 6.04 Å². The van der Waals surface area contributed by atoms with Crippen LogP contribution in [0.4, 0.5) is 0 Å². The third-order valence-corrected chi connectivity index (χ3v) is 3.47. The second-order valence-corrected chi connectivity index (χ2v) is 4.23. The van der Waals surface area contributed by atoms with Crippen molar-refractivity contribution in [1.82, 2.24) is 10.2 Å². The van der Waals surface area contributed by atoms with Gasteiger partial charge in [-0.2, -0.15) is 0 Å². The van der Waals surface area contributed by atoms with Crippen molar-refractivity contribution in [3.8, 4) is 0 Å². The van der Waals surface area contributed by atoms with Gasteiger partial charge in [0.2, 0.25) is 5.91 Å². The summed E-state index contributed by atoms with van der Waals surface area (Å²) in [5, 5.41) is 3.27. The predicted octanol–water partition coefficient (Wildman–Crippen LogP) is 0.112. The van der Waals surface area contributed by atoms with E-state index in [4.69, 9.17) is 0 Å². The number of amides is 1. The molecule has 0 aromatic carbocycles. The Hall–Kier alpha value is -0.570. The Kier molecular flexibility index (Phi) is 1.28. The molecule has 4 fully saturated rings. The molecule has 3 nitrogen and oxygen atoms in total. The van der Waals surface area contributed by atoms with Gasteiger partial charge in [-0.15, -0.1) is 0 Å². The molecule has 1 N–H and O–H groups in total. The molecule has 3 heterocycles. The van der Waals surface area contributed by atoms with E-state index in [0.717, 1.165) is 13.0 Å². The van der Waals surface area contributed by atoms with Crippen molar-refractivity contribution >= 4 is 5.91 Å². The van der Waals surface area contributed by atoms with Crippen LogP contribution in [0.1, 0.15) is 25.7 Å². The van der Waals surface area contributed by atoms with E-state index in [1.807, 2.05) is 0 Å². The molecule has 0 spiro atoms. The van der Waals surface area contributed by atoms with Crippen LogP contribution < -0.4 is 5.32 Å². The van der Waals surface area contributed by atoms with Crippen LogP contribution in [-0.2, 0) is 4.79 Å². The molecule has 3 saturated heterocycles. The zero-order valence-corrected chi connectivity index (χ0v) is 7.12. The Labute approximate surface area is 72.1 Å². The molecule has 1 amide bonds. The molecule has 0 aromatic heterocycles. The Balaban J connectivity index is 1.74. The second kappa shape index (κ2) is 2.22. The number of nitrogens with one attached hydrogen (secondary N) is 1. The van der Waals surface area contributed by atoms with Gasteiger partial charge in [0.25, 0.3) is 0 Å². The number of rotatable bonds is 1. The fraction of sp³-hybridized carbons (Fsp3) is 0.889. The number of hydrogen-bond donors (Lipinski definition) is 1. The smallest absolute Gasteiger partial charge is 0.240 e. The Morgan fingerprint density at radius 3 is 2.67 bits per heavy atom. The van der Waals surface area contributed by atoms with E-state index in [1.165, 1.54) is 19.3 Å². The summed E-state index contributed by atoms with van der Waals surface area (Å²) in [7, 11) is 0. The monoisotopic (exact) mass is 166 g/mol. The molecule has 4 rings (SSSR count). The zero-order chi connectivity index (χ0) is 8.13. The Morgan fingerprint density at radius 2 is 2.17 bits per heavy atom. The molecule has 66 valence electrons. The maximum Gasteiger partial charge on any atom is 0.240 e. The van der Waals surface area contributed by atoms with Crippen molar-refractivity contribution in [2.24, 2.45) is 0 Å². The normalized spacial score (nSPS) is 40.7. The maximum atomic E-state index is 11.7. The number of fused-ring (bicyclic) bond motifs is 2. The van der Waals surface area contributed by atoms with Crippen molar-refractivity contribution in [2.75, 3.05) is 6.54 Å². The molecule has 2 atom stereocenters. The Bertz CT molecular complexity index is 219. The summed E-state index contributed by atoms with van der Waals surface area (Å²) in [6.07, 6.45) is 4.88. The third-order valence-electron chi connectivity index (χ3n) is 3.47. The first-order valence-electron chi connectivity index (χ1n) is 4.91. The minimum absolute atomic E-state index is 0.185. The Morgan fingerprint density at radius 1 is 1.42 bits per heavy atom. The predicted molar refractivity (Wildman–Crippen MR) is 44.7 cm³/mol. The van der Waals surface area contributed by atoms with Crippen LogP contribution in [0.3, 0.4) is 0 Å². The molecule has 3 aliphatic heterocycles. The summed E-state index contributed by atoms with van der Waals surface area (Å²) in [4.78, 5) is 13.8. The average molecular weight is 166 g/mol. The number of piperazine rings is 1. The van der Waals surface area contributed by atoms with E-state index in [-0.39, 0.29) is 6.04 Å². The van der Waals surface area contributed by atoms with Crippen molar-refractivity contribution in [1.29, 1.82) is 0 Å². The number of nitrogens with zero attached hydrogens (tertiary/aromatic N) is 1. The zero-order valence-electron chi connectivity index (χ0n) is 7.12. The van der Waals surface area contributed by atoms with Crippen LogP contribution in [-0.4, -0.2) is 35.5 Å². The van der Waals surface area contributed by atoms with E-state index in [0.29, 0.717) is 18.0 Å². The van der Waals surface area contributed by atoms with Gasteiger partial charge in [-0.25, -0.2) is 0 Å². The van der Waals surface area contributed by atoms with E-state index >= 15 is 0 Å². The summed E-state index contributed by atoms with van der Waals surface area (Å²) in [6.45, 7) is 0.972. The molecule has 0 aromatic rings. The minimum Gasteiger partial charge on any atom is -0.337 e.